The SMILES string of the molecule is C[C@H](Cn1cccn1)NCc1cn2ccccc2n1. The van der Waals surface area contributed by atoms with Crippen LogP contribution in [0.15, 0.2) is 49.1 Å². The number of nitrogens with one attached hydrogen (secondary N) is 1. The Bertz CT molecular complexity index is 608. The Labute approximate surface area is 111 Å². The third-order valence-electron chi connectivity index (χ3n) is 3.07. The molecule has 0 saturated heterocycles. The first kappa shape index (κ1) is 11.9. The second kappa shape index (κ2) is 5.24. The van der Waals surface area contributed by atoms with Crippen LogP contribution in [-0.4, -0.2) is 25.2 Å². The zero-order chi connectivity index (χ0) is 13.1. The number of rotatable bonds is 5. The number of fused-ring (bicyclic) bond motifs is 1. The summed E-state index contributed by atoms with van der Waals surface area (Å²) in [5, 5.41) is 7.66. The molecule has 1 atom stereocenters. The summed E-state index contributed by atoms with van der Waals surface area (Å²) in [7, 11) is 0. The number of imidazole rings is 1. The standard InChI is InChI=1S/C14H17N5/c1-12(10-19-8-4-6-16-19)15-9-13-11-18-7-3-2-5-14(18)17-13/h2-8,11-12,15H,9-10H2,1H3/t12-/m1/s1. The van der Waals surface area contributed by atoms with Crippen LogP contribution < -0.4 is 5.32 Å². The molecule has 0 fully saturated rings. The fourth-order valence-corrected chi connectivity index (χ4v) is 2.10. The van der Waals surface area contributed by atoms with Gasteiger partial charge >= 0.3 is 0 Å². The minimum absolute atomic E-state index is 0.352. The maximum absolute atomic E-state index is 4.56. The van der Waals surface area contributed by atoms with Crippen LogP contribution >= 0.6 is 0 Å². The number of hydrogen-bond donors (Lipinski definition) is 1. The van der Waals surface area contributed by atoms with Gasteiger partial charge in [-0.05, 0) is 25.1 Å². The number of hydrogen-bond acceptors (Lipinski definition) is 3. The van der Waals surface area contributed by atoms with Crippen molar-refractivity contribution < 1.29 is 0 Å². The Morgan fingerprint density at radius 3 is 3.00 bits per heavy atom. The Morgan fingerprint density at radius 1 is 1.26 bits per heavy atom. The van der Waals surface area contributed by atoms with E-state index in [4.69, 9.17) is 0 Å². The molecule has 0 saturated carbocycles. The van der Waals surface area contributed by atoms with Crippen molar-refractivity contribution in [3.8, 4) is 0 Å². The van der Waals surface area contributed by atoms with Crippen LogP contribution in [0.2, 0.25) is 0 Å². The Balaban J connectivity index is 1.59. The van der Waals surface area contributed by atoms with Crippen molar-refractivity contribution in [2.45, 2.75) is 26.1 Å². The highest BCUT2D eigenvalue weighted by molar-refractivity contribution is 5.39. The second-order valence-corrected chi connectivity index (χ2v) is 4.71. The minimum atomic E-state index is 0.352. The number of nitrogens with zero attached hydrogens (tertiary/aromatic N) is 4. The van der Waals surface area contributed by atoms with Crippen LogP contribution in [0.3, 0.4) is 0 Å². The Kier molecular flexibility index (Phi) is 3.29. The first-order valence-corrected chi connectivity index (χ1v) is 6.45. The summed E-state index contributed by atoms with van der Waals surface area (Å²) in [5.41, 5.74) is 2.04. The maximum atomic E-state index is 4.56. The van der Waals surface area contributed by atoms with Gasteiger partial charge in [0.05, 0.1) is 12.2 Å². The molecule has 0 amide bonds. The third kappa shape index (κ3) is 2.82. The molecule has 5 nitrogen and oxygen atoms in total. The second-order valence-electron chi connectivity index (χ2n) is 4.71. The van der Waals surface area contributed by atoms with Crippen LogP contribution in [0.1, 0.15) is 12.6 Å². The largest absolute Gasteiger partial charge is 0.307 e. The van der Waals surface area contributed by atoms with Crippen LogP contribution in [0.4, 0.5) is 0 Å². The van der Waals surface area contributed by atoms with Crippen molar-refractivity contribution >= 4 is 5.65 Å². The van der Waals surface area contributed by atoms with Gasteiger partial charge in [0.15, 0.2) is 0 Å². The summed E-state index contributed by atoms with van der Waals surface area (Å²) in [6.45, 7) is 3.78. The Morgan fingerprint density at radius 2 is 2.21 bits per heavy atom. The van der Waals surface area contributed by atoms with Crippen molar-refractivity contribution in [1.29, 1.82) is 0 Å². The number of pyridine rings is 1. The molecule has 0 unspecified atom stereocenters. The van der Waals surface area contributed by atoms with E-state index in [1.54, 1.807) is 6.20 Å². The fourth-order valence-electron chi connectivity index (χ4n) is 2.10. The molecule has 5 heteroatoms. The Hall–Kier alpha value is -2.14. The van der Waals surface area contributed by atoms with Crippen molar-refractivity contribution in [3.63, 3.8) is 0 Å². The summed E-state index contributed by atoms with van der Waals surface area (Å²) >= 11 is 0. The molecule has 0 bridgehead atoms. The summed E-state index contributed by atoms with van der Waals surface area (Å²) in [6.07, 6.45) is 7.85. The molecule has 3 heterocycles. The lowest BCUT2D eigenvalue weighted by atomic mass is 10.3. The van der Waals surface area contributed by atoms with E-state index in [-0.39, 0.29) is 0 Å². The third-order valence-corrected chi connectivity index (χ3v) is 3.07. The molecule has 0 radical (unpaired) electrons. The van der Waals surface area contributed by atoms with Gasteiger partial charge < -0.3 is 9.72 Å². The summed E-state index contributed by atoms with van der Waals surface area (Å²) in [6, 6.07) is 8.31. The highest BCUT2D eigenvalue weighted by atomic mass is 15.3. The van der Waals surface area contributed by atoms with E-state index >= 15 is 0 Å². The van der Waals surface area contributed by atoms with Gasteiger partial charge in [-0.15, -0.1) is 0 Å². The molecule has 0 aliphatic rings. The van der Waals surface area contributed by atoms with Gasteiger partial charge in [-0.1, -0.05) is 6.07 Å². The zero-order valence-electron chi connectivity index (χ0n) is 10.9. The predicted octanol–water partition coefficient (Wildman–Crippen LogP) is 1.71. The first-order chi connectivity index (χ1) is 9.31. The van der Waals surface area contributed by atoms with Gasteiger partial charge in [0.1, 0.15) is 5.65 Å². The van der Waals surface area contributed by atoms with Crippen LogP contribution in [0.5, 0.6) is 0 Å². The van der Waals surface area contributed by atoms with Crippen molar-refractivity contribution in [1.82, 2.24) is 24.5 Å². The molecule has 1 N–H and O–H groups in total. The molecule has 0 aliphatic carbocycles. The molecule has 19 heavy (non-hydrogen) atoms. The average molecular weight is 255 g/mol. The molecule has 3 aromatic heterocycles. The predicted molar refractivity (Wildman–Crippen MR) is 73.7 cm³/mol. The van der Waals surface area contributed by atoms with Gasteiger partial charge in [-0.3, -0.25) is 4.68 Å². The lowest BCUT2D eigenvalue weighted by Crippen LogP contribution is -2.30. The lowest BCUT2D eigenvalue weighted by molar-refractivity contribution is 0.449. The topological polar surface area (TPSA) is 47.2 Å². The fraction of sp³-hybridized carbons (Fsp3) is 0.286. The monoisotopic (exact) mass is 255 g/mol. The van der Waals surface area contributed by atoms with Gasteiger partial charge in [0.2, 0.25) is 0 Å². The van der Waals surface area contributed by atoms with Gasteiger partial charge in [-0.25, -0.2) is 4.98 Å². The van der Waals surface area contributed by atoms with Crippen molar-refractivity contribution in [2.24, 2.45) is 0 Å². The molecule has 0 aliphatic heterocycles. The van der Waals surface area contributed by atoms with E-state index in [2.05, 4.69) is 28.5 Å². The zero-order valence-corrected chi connectivity index (χ0v) is 10.9. The smallest absolute Gasteiger partial charge is 0.137 e. The van der Waals surface area contributed by atoms with Crippen LogP contribution in [0, 0.1) is 0 Å². The molecule has 3 aromatic rings. The van der Waals surface area contributed by atoms with E-state index in [9.17, 15) is 0 Å². The van der Waals surface area contributed by atoms with Gasteiger partial charge in [0.25, 0.3) is 0 Å². The van der Waals surface area contributed by atoms with E-state index in [1.165, 1.54) is 0 Å². The molecule has 3 rings (SSSR count). The molecular weight excluding hydrogens is 238 g/mol. The summed E-state index contributed by atoms with van der Waals surface area (Å²) < 4.78 is 3.97. The number of aromatic nitrogens is 4. The van der Waals surface area contributed by atoms with Gasteiger partial charge in [0, 0.05) is 37.4 Å². The van der Waals surface area contributed by atoms with Crippen molar-refractivity contribution in [3.05, 3.63) is 54.7 Å². The van der Waals surface area contributed by atoms with Crippen molar-refractivity contribution in [2.75, 3.05) is 0 Å². The van der Waals surface area contributed by atoms with Crippen LogP contribution in [0.25, 0.3) is 5.65 Å². The molecule has 98 valence electrons. The first-order valence-electron chi connectivity index (χ1n) is 6.45. The van der Waals surface area contributed by atoms with E-state index < -0.39 is 0 Å². The maximum Gasteiger partial charge on any atom is 0.137 e. The quantitative estimate of drug-likeness (QED) is 0.755. The highest BCUT2D eigenvalue weighted by Gasteiger charge is 2.05. The summed E-state index contributed by atoms with van der Waals surface area (Å²) in [4.78, 5) is 4.56. The lowest BCUT2D eigenvalue weighted by Gasteiger charge is -2.12. The minimum Gasteiger partial charge on any atom is -0.307 e. The van der Waals surface area contributed by atoms with E-state index in [0.29, 0.717) is 6.04 Å². The normalized spacial score (nSPS) is 12.9. The van der Waals surface area contributed by atoms with E-state index in [0.717, 1.165) is 24.4 Å². The van der Waals surface area contributed by atoms with Crippen LogP contribution in [-0.2, 0) is 13.1 Å². The molecule has 0 spiro atoms. The average Bonchev–Trinajstić information content (AvgIpc) is 3.04. The van der Waals surface area contributed by atoms with Gasteiger partial charge in [-0.2, -0.15) is 5.10 Å². The molecule has 0 aromatic carbocycles. The van der Waals surface area contributed by atoms with E-state index in [1.807, 2.05) is 45.7 Å². The highest BCUT2D eigenvalue weighted by Crippen LogP contribution is 2.04. The summed E-state index contributed by atoms with van der Waals surface area (Å²) in [5.74, 6) is 0. The molecular formula is C14H17N5.